The van der Waals surface area contributed by atoms with Crippen LogP contribution >= 0.6 is 0 Å². The molecule has 0 bridgehead atoms. The SMILES string of the molecule is COC(=O)c1ccn(COc2ccc(-c3ccccc3)cc2)n1. The number of aromatic nitrogens is 2. The van der Waals surface area contributed by atoms with Gasteiger partial charge in [-0.25, -0.2) is 9.48 Å². The van der Waals surface area contributed by atoms with Crippen molar-refractivity contribution in [2.24, 2.45) is 0 Å². The van der Waals surface area contributed by atoms with Crippen molar-refractivity contribution < 1.29 is 14.3 Å². The van der Waals surface area contributed by atoms with E-state index in [-0.39, 0.29) is 12.4 Å². The van der Waals surface area contributed by atoms with Gasteiger partial charge in [0.15, 0.2) is 12.4 Å². The predicted molar refractivity (Wildman–Crippen MR) is 86.1 cm³/mol. The van der Waals surface area contributed by atoms with Crippen molar-refractivity contribution in [3.05, 3.63) is 72.6 Å². The van der Waals surface area contributed by atoms with Gasteiger partial charge in [0, 0.05) is 6.20 Å². The molecule has 0 amide bonds. The van der Waals surface area contributed by atoms with Crippen molar-refractivity contribution in [2.45, 2.75) is 6.73 Å². The Balaban J connectivity index is 1.63. The molecular weight excluding hydrogens is 292 g/mol. The maximum atomic E-state index is 11.3. The quantitative estimate of drug-likeness (QED) is 0.678. The minimum atomic E-state index is -0.462. The highest BCUT2D eigenvalue weighted by molar-refractivity contribution is 5.86. The van der Waals surface area contributed by atoms with Gasteiger partial charge in [-0.05, 0) is 29.3 Å². The first-order valence-electron chi connectivity index (χ1n) is 7.16. The zero-order valence-corrected chi connectivity index (χ0v) is 12.7. The molecule has 116 valence electrons. The first-order chi connectivity index (χ1) is 11.3. The highest BCUT2D eigenvalue weighted by Gasteiger charge is 2.09. The summed E-state index contributed by atoms with van der Waals surface area (Å²) in [4.78, 5) is 11.3. The van der Waals surface area contributed by atoms with E-state index in [1.165, 1.54) is 11.8 Å². The fraction of sp³-hybridized carbons (Fsp3) is 0.111. The first-order valence-corrected chi connectivity index (χ1v) is 7.16. The van der Waals surface area contributed by atoms with Crippen LogP contribution in [-0.4, -0.2) is 22.9 Å². The lowest BCUT2D eigenvalue weighted by Gasteiger charge is -2.07. The van der Waals surface area contributed by atoms with Crippen LogP contribution in [0.3, 0.4) is 0 Å². The number of hydrogen-bond acceptors (Lipinski definition) is 4. The molecule has 0 aliphatic rings. The van der Waals surface area contributed by atoms with Crippen LogP contribution in [0.15, 0.2) is 66.9 Å². The Labute approximate surface area is 134 Å². The standard InChI is InChI=1S/C18H16N2O3/c1-22-18(21)17-11-12-20(19-17)13-23-16-9-7-15(8-10-16)14-5-3-2-4-6-14/h2-12H,13H2,1H3. The van der Waals surface area contributed by atoms with Crippen LogP contribution in [0.25, 0.3) is 11.1 Å². The Morgan fingerprint density at radius 3 is 2.39 bits per heavy atom. The molecule has 0 aliphatic heterocycles. The summed E-state index contributed by atoms with van der Waals surface area (Å²) in [5.74, 6) is 0.274. The molecule has 0 fully saturated rings. The predicted octanol–water partition coefficient (Wildman–Crippen LogP) is 3.37. The van der Waals surface area contributed by atoms with E-state index in [0.29, 0.717) is 0 Å². The number of carbonyl (C=O) groups is 1. The van der Waals surface area contributed by atoms with Crippen molar-refractivity contribution >= 4 is 5.97 Å². The average Bonchev–Trinajstić information content (AvgIpc) is 3.09. The van der Waals surface area contributed by atoms with Gasteiger partial charge in [-0.1, -0.05) is 42.5 Å². The Morgan fingerprint density at radius 1 is 1.00 bits per heavy atom. The van der Waals surface area contributed by atoms with Crippen molar-refractivity contribution in [3.8, 4) is 16.9 Å². The zero-order valence-electron chi connectivity index (χ0n) is 12.7. The van der Waals surface area contributed by atoms with Gasteiger partial charge in [0.05, 0.1) is 7.11 Å². The molecule has 3 aromatic rings. The number of esters is 1. The molecule has 0 aliphatic carbocycles. The fourth-order valence-corrected chi connectivity index (χ4v) is 2.16. The van der Waals surface area contributed by atoms with Gasteiger partial charge in [0.1, 0.15) is 5.75 Å². The van der Waals surface area contributed by atoms with Gasteiger partial charge in [0.25, 0.3) is 0 Å². The molecule has 3 rings (SSSR count). The third kappa shape index (κ3) is 3.58. The van der Waals surface area contributed by atoms with E-state index in [9.17, 15) is 4.79 Å². The average molecular weight is 308 g/mol. The molecule has 0 N–H and O–H groups in total. The second-order valence-electron chi connectivity index (χ2n) is 4.90. The highest BCUT2D eigenvalue weighted by atomic mass is 16.5. The van der Waals surface area contributed by atoms with Gasteiger partial charge in [-0.3, -0.25) is 0 Å². The lowest BCUT2D eigenvalue weighted by Crippen LogP contribution is -2.08. The van der Waals surface area contributed by atoms with Crippen LogP contribution < -0.4 is 4.74 Å². The summed E-state index contributed by atoms with van der Waals surface area (Å²) in [6.45, 7) is 0.224. The van der Waals surface area contributed by atoms with Gasteiger partial charge < -0.3 is 9.47 Å². The van der Waals surface area contributed by atoms with Crippen molar-refractivity contribution in [3.63, 3.8) is 0 Å². The topological polar surface area (TPSA) is 53.4 Å². The van der Waals surface area contributed by atoms with Gasteiger partial charge in [-0.2, -0.15) is 5.10 Å². The second kappa shape index (κ2) is 6.79. The smallest absolute Gasteiger partial charge is 0.358 e. The Bertz CT molecular complexity index is 780. The third-order valence-corrected chi connectivity index (χ3v) is 3.36. The molecule has 2 aromatic carbocycles. The number of benzene rings is 2. The Kier molecular flexibility index (Phi) is 4.38. The molecule has 5 nitrogen and oxygen atoms in total. The van der Waals surface area contributed by atoms with E-state index in [1.807, 2.05) is 42.5 Å². The van der Waals surface area contributed by atoms with E-state index in [4.69, 9.17) is 4.74 Å². The molecule has 23 heavy (non-hydrogen) atoms. The lowest BCUT2D eigenvalue weighted by atomic mass is 10.1. The summed E-state index contributed by atoms with van der Waals surface area (Å²) in [5, 5.41) is 4.08. The minimum Gasteiger partial charge on any atom is -0.471 e. The van der Waals surface area contributed by atoms with Crippen LogP contribution in [-0.2, 0) is 11.5 Å². The van der Waals surface area contributed by atoms with E-state index in [1.54, 1.807) is 12.3 Å². The maximum absolute atomic E-state index is 11.3. The molecule has 1 heterocycles. The Morgan fingerprint density at radius 2 is 1.70 bits per heavy atom. The van der Waals surface area contributed by atoms with Crippen molar-refractivity contribution in [2.75, 3.05) is 7.11 Å². The molecular formula is C18H16N2O3. The molecule has 0 saturated carbocycles. The summed E-state index contributed by atoms with van der Waals surface area (Å²) < 4.78 is 11.8. The van der Waals surface area contributed by atoms with Crippen LogP contribution in [0.1, 0.15) is 10.5 Å². The van der Waals surface area contributed by atoms with Crippen LogP contribution in [0, 0.1) is 0 Å². The molecule has 5 heteroatoms. The summed E-state index contributed by atoms with van der Waals surface area (Å²) >= 11 is 0. The number of ether oxygens (including phenoxy) is 2. The van der Waals surface area contributed by atoms with Crippen LogP contribution in [0.2, 0.25) is 0 Å². The number of rotatable bonds is 5. The molecule has 0 radical (unpaired) electrons. The summed E-state index contributed by atoms with van der Waals surface area (Å²) in [6.07, 6.45) is 1.67. The van der Waals surface area contributed by atoms with E-state index < -0.39 is 5.97 Å². The van der Waals surface area contributed by atoms with Crippen LogP contribution in [0.4, 0.5) is 0 Å². The van der Waals surface area contributed by atoms with Crippen molar-refractivity contribution in [1.82, 2.24) is 9.78 Å². The van der Waals surface area contributed by atoms with E-state index in [2.05, 4.69) is 22.0 Å². The zero-order chi connectivity index (χ0) is 16.1. The number of nitrogens with zero attached hydrogens (tertiary/aromatic N) is 2. The molecule has 0 unspecified atom stereocenters. The van der Waals surface area contributed by atoms with Crippen LogP contribution in [0.5, 0.6) is 5.75 Å². The van der Waals surface area contributed by atoms with E-state index in [0.717, 1.165) is 16.9 Å². The maximum Gasteiger partial charge on any atom is 0.358 e. The summed E-state index contributed by atoms with van der Waals surface area (Å²) in [6, 6.07) is 19.6. The molecule has 0 atom stereocenters. The summed E-state index contributed by atoms with van der Waals surface area (Å²) in [7, 11) is 1.33. The highest BCUT2D eigenvalue weighted by Crippen LogP contribution is 2.22. The van der Waals surface area contributed by atoms with Gasteiger partial charge in [0.2, 0.25) is 0 Å². The Hall–Kier alpha value is -3.08. The van der Waals surface area contributed by atoms with Crippen molar-refractivity contribution in [1.29, 1.82) is 0 Å². The lowest BCUT2D eigenvalue weighted by molar-refractivity contribution is 0.0592. The monoisotopic (exact) mass is 308 g/mol. The molecule has 0 saturated heterocycles. The fourth-order valence-electron chi connectivity index (χ4n) is 2.16. The third-order valence-electron chi connectivity index (χ3n) is 3.36. The number of hydrogen-bond donors (Lipinski definition) is 0. The minimum absolute atomic E-state index is 0.224. The number of carbonyl (C=O) groups excluding carboxylic acids is 1. The van der Waals surface area contributed by atoms with E-state index >= 15 is 0 Å². The number of methoxy groups -OCH3 is 1. The first kappa shape index (κ1) is 14.8. The van der Waals surface area contributed by atoms with Gasteiger partial charge >= 0.3 is 5.97 Å². The largest absolute Gasteiger partial charge is 0.471 e. The molecule has 1 aromatic heterocycles. The molecule has 0 spiro atoms. The summed E-state index contributed by atoms with van der Waals surface area (Å²) in [5.41, 5.74) is 2.55. The normalized spacial score (nSPS) is 10.3. The second-order valence-corrected chi connectivity index (χ2v) is 4.90. The van der Waals surface area contributed by atoms with Gasteiger partial charge in [-0.15, -0.1) is 0 Å².